The molecule has 4 atom stereocenters. The highest BCUT2D eigenvalue weighted by molar-refractivity contribution is 8.00. The lowest BCUT2D eigenvalue weighted by Gasteiger charge is -2.23. The molecule has 0 bridgehead atoms. The van der Waals surface area contributed by atoms with Crippen LogP contribution in [0.15, 0.2) is 35.3 Å². The Labute approximate surface area is 196 Å². The van der Waals surface area contributed by atoms with Crippen molar-refractivity contribution in [1.29, 1.82) is 0 Å². The van der Waals surface area contributed by atoms with Gasteiger partial charge in [0.25, 0.3) is 0 Å². The Morgan fingerprint density at radius 1 is 1.36 bits per heavy atom. The number of aromatic carboxylic acids is 1. The molecule has 33 heavy (non-hydrogen) atoms. The maximum absolute atomic E-state index is 12.9. The van der Waals surface area contributed by atoms with Crippen LogP contribution in [0.3, 0.4) is 0 Å². The number of carboxylic acid groups (broad SMARTS) is 1. The van der Waals surface area contributed by atoms with Gasteiger partial charge in [-0.2, -0.15) is 4.98 Å². The Morgan fingerprint density at radius 3 is 2.82 bits per heavy atom. The number of rotatable bonds is 7. The largest absolute Gasteiger partial charge is 0.478 e. The molecule has 1 aliphatic rings. The van der Waals surface area contributed by atoms with Gasteiger partial charge in [0.1, 0.15) is 5.44 Å². The number of methoxy groups -OCH3 is 1. The highest BCUT2D eigenvalue weighted by atomic mass is 32.2. The van der Waals surface area contributed by atoms with Crippen molar-refractivity contribution in [1.82, 2.24) is 14.5 Å². The highest BCUT2D eigenvalue weighted by Gasteiger charge is 2.44. The van der Waals surface area contributed by atoms with Gasteiger partial charge in [-0.25, -0.2) is 9.78 Å². The number of hydrogen-bond acceptors (Lipinski definition) is 10. The van der Waals surface area contributed by atoms with E-state index in [2.05, 4.69) is 9.97 Å². The van der Waals surface area contributed by atoms with E-state index in [0.29, 0.717) is 22.3 Å². The van der Waals surface area contributed by atoms with Gasteiger partial charge in [0, 0.05) is 5.92 Å². The highest BCUT2D eigenvalue weighted by Crippen LogP contribution is 2.48. The number of aromatic nitrogens is 3. The first-order valence-corrected chi connectivity index (χ1v) is 11.9. The number of nitrogens with zero attached hydrogens (tertiary/aromatic N) is 3. The van der Waals surface area contributed by atoms with Gasteiger partial charge in [-0.15, -0.1) is 11.8 Å². The summed E-state index contributed by atoms with van der Waals surface area (Å²) >= 11 is 2.35. The summed E-state index contributed by atoms with van der Waals surface area (Å²) in [6.45, 7) is 1.94. The molecule has 2 aromatic heterocycles. The van der Waals surface area contributed by atoms with Crippen LogP contribution in [0.1, 0.15) is 47.8 Å². The van der Waals surface area contributed by atoms with Crippen molar-refractivity contribution < 1.29 is 24.2 Å². The van der Waals surface area contributed by atoms with Crippen LogP contribution in [0.2, 0.25) is 0 Å². The van der Waals surface area contributed by atoms with E-state index in [1.165, 1.54) is 29.6 Å². The standard InChI is InChI=1S/C21H22N4O6S2/c1-3-10(11-6-4-5-7-12(11)18(27)28)19-31-17(13(32-19)8-15(26)30-2)25-16-14(33-21(25)29)9-23-20(22)24-16/h4-7,9-10,13,17,19H,3,8H2,1-2H3,(H,27,28)(H2,22,23,24)/t10-,13-,17+,19-/m0/s1. The van der Waals surface area contributed by atoms with Crippen LogP contribution >= 0.6 is 23.1 Å². The van der Waals surface area contributed by atoms with E-state index in [4.69, 9.17) is 15.2 Å². The second-order valence-corrected chi connectivity index (χ2v) is 9.75. The Kier molecular flexibility index (Phi) is 6.68. The first-order valence-electron chi connectivity index (χ1n) is 10.2. The normalized spacial score (nSPS) is 21.2. The summed E-state index contributed by atoms with van der Waals surface area (Å²) in [7, 11) is 1.30. The van der Waals surface area contributed by atoms with Gasteiger partial charge >= 0.3 is 16.8 Å². The molecular weight excluding hydrogens is 468 g/mol. The predicted octanol–water partition coefficient (Wildman–Crippen LogP) is 2.85. The fourth-order valence-electron chi connectivity index (χ4n) is 3.96. The number of ether oxygens (including phenoxy) is 2. The molecule has 12 heteroatoms. The number of benzene rings is 1. The molecule has 1 fully saturated rings. The minimum Gasteiger partial charge on any atom is -0.478 e. The van der Waals surface area contributed by atoms with Crippen molar-refractivity contribution in [2.24, 2.45) is 0 Å². The number of nitrogens with two attached hydrogens (primary N) is 1. The number of anilines is 1. The zero-order valence-corrected chi connectivity index (χ0v) is 19.5. The van der Waals surface area contributed by atoms with E-state index in [-0.39, 0.29) is 28.7 Å². The van der Waals surface area contributed by atoms with Gasteiger partial charge in [-0.3, -0.25) is 14.2 Å². The van der Waals surface area contributed by atoms with Crippen LogP contribution in [0.25, 0.3) is 10.3 Å². The van der Waals surface area contributed by atoms with Crippen molar-refractivity contribution >= 4 is 51.3 Å². The third kappa shape index (κ3) is 4.45. The first kappa shape index (κ1) is 23.2. The van der Waals surface area contributed by atoms with Gasteiger partial charge < -0.3 is 20.3 Å². The van der Waals surface area contributed by atoms with Crippen molar-refractivity contribution in [3.8, 4) is 0 Å². The van der Waals surface area contributed by atoms with Crippen molar-refractivity contribution in [3.63, 3.8) is 0 Å². The molecule has 3 aromatic rings. The third-order valence-corrected chi connectivity index (χ3v) is 7.82. The van der Waals surface area contributed by atoms with Crippen LogP contribution < -0.4 is 10.6 Å². The topological polar surface area (TPSA) is 147 Å². The predicted molar refractivity (Wildman–Crippen MR) is 124 cm³/mol. The number of carboxylic acids is 1. The summed E-state index contributed by atoms with van der Waals surface area (Å²) in [5.74, 6) is -1.74. The maximum Gasteiger partial charge on any atom is 0.335 e. The van der Waals surface area contributed by atoms with E-state index in [0.717, 1.165) is 11.3 Å². The number of carbonyl (C=O) groups is 2. The van der Waals surface area contributed by atoms with Gasteiger partial charge in [0.05, 0.1) is 35.2 Å². The number of fused-ring (bicyclic) bond motifs is 1. The molecule has 0 amide bonds. The summed E-state index contributed by atoms with van der Waals surface area (Å²) in [6.07, 6.45) is 1.26. The average Bonchev–Trinajstić information content (AvgIpc) is 3.33. The molecule has 1 saturated heterocycles. The number of thiazole rings is 1. The molecule has 3 N–H and O–H groups in total. The van der Waals surface area contributed by atoms with Gasteiger partial charge in [0.15, 0.2) is 11.9 Å². The second-order valence-electron chi connectivity index (χ2n) is 7.41. The number of nitrogen functional groups attached to an aromatic ring is 1. The number of esters is 1. The molecule has 0 radical (unpaired) electrons. The monoisotopic (exact) mass is 490 g/mol. The summed E-state index contributed by atoms with van der Waals surface area (Å²) in [5, 5.41) is 9.20. The summed E-state index contributed by atoms with van der Waals surface area (Å²) < 4.78 is 13.2. The van der Waals surface area contributed by atoms with Gasteiger partial charge in [-0.1, -0.05) is 36.5 Å². The number of carbonyl (C=O) groups excluding carboxylic acids is 1. The van der Waals surface area contributed by atoms with Crippen LogP contribution in [-0.2, 0) is 14.3 Å². The summed E-state index contributed by atoms with van der Waals surface area (Å²) in [5.41, 5.74) is 6.40. The van der Waals surface area contributed by atoms with Gasteiger partial charge in [0.2, 0.25) is 5.95 Å². The molecule has 0 spiro atoms. The van der Waals surface area contributed by atoms with Crippen LogP contribution in [-0.4, -0.2) is 49.4 Å². The van der Waals surface area contributed by atoms with E-state index >= 15 is 0 Å². The molecule has 10 nitrogen and oxygen atoms in total. The lowest BCUT2D eigenvalue weighted by Crippen LogP contribution is -2.28. The average molecular weight is 491 g/mol. The fraction of sp³-hybridized carbons (Fsp3) is 0.381. The van der Waals surface area contributed by atoms with E-state index in [1.54, 1.807) is 24.3 Å². The minimum absolute atomic E-state index is 0.00366. The second kappa shape index (κ2) is 9.49. The van der Waals surface area contributed by atoms with Crippen LogP contribution in [0, 0.1) is 0 Å². The zero-order chi connectivity index (χ0) is 23.7. The molecule has 174 valence electrons. The van der Waals surface area contributed by atoms with E-state index in [9.17, 15) is 19.5 Å². The Morgan fingerprint density at radius 2 is 2.12 bits per heavy atom. The number of thioether (sulfide) groups is 1. The van der Waals surface area contributed by atoms with Crippen LogP contribution in [0.5, 0.6) is 0 Å². The van der Waals surface area contributed by atoms with E-state index in [1.807, 2.05) is 6.92 Å². The van der Waals surface area contributed by atoms with Crippen molar-refractivity contribution in [2.75, 3.05) is 12.8 Å². The quantitative estimate of drug-likeness (QED) is 0.474. The smallest absolute Gasteiger partial charge is 0.335 e. The molecule has 0 unspecified atom stereocenters. The van der Waals surface area contributed by atoms with Gasteiger partial charge in [-0.05, 0) is 18.1 Å². The lowest BCUT2D eigenvalue weighted by molar-refractivity contribution is -0.141. The number of hydrogen-bond donors (Lipinski definition) is 2. The Bertz CT molecular complexity index is 1260. The zero-order valence-electron chi connectivity index (χ0n) is 17.8. The van der Waals surface area contributed by atoms with Crippen molar-refractivity contribution in [3.05, 3.63) is 51.3 Å². The third-order valence-electron chi connectivity index (χ3n) is 5.49. The minimum atomic E-state index is -1.03. The maximum atomic E-state index is 12.9. The molecular formula is C21H22N4O6S2. The van der Waals surface area contributed by atoms with Crippen LogP contribution in [0.4, 0.5) is 5.95 Å². The van der Waals surface area contributed by atoms with E-state index < -0.39 is 28.9 Å². The molecule has 0 saturated carbocycles. The molecule has 3 heterocycles. The van der Waals surface area contributed by atoms with Crippen molar-refractivity contribution in [2.45, 2.75) is 42.6 Å². The molecule has 1 aliphatic heterocycles. The molecule has 0 aliphatic carbocycles. The molecule has 4 rings (SSSR count). The Hall–Kier alpha value is -2.96. The fourth-order valence-corrected chi connectivity index (χ4v) is 6.38. The lowest BCUT2D eigenvalue weighted by atomic mass is 9.92. The Balaban J connectivity index is 1.76. The molecule has 1 aromatic carbocycles. The summed E-state index contributed by atoms with van der Waals surface area (Å²) in [6, 6.07) is 6.78. The summed E-state index contributed by atoms with van der Waals surface area (Å²) in [4.78, 5) is 44.7. The SMILES string of the molecule is CC[C@@H](c1ccccc1C(=O)O)[C@H]1O[C@@H](n2c(=O)sc3cnc(N)nc32)[C@H](CC(=O)OC)S1. The first-order chi connectivity index (χ1) is 15.8.